The molecule has 206 valence electrons. The molecule has 0 aromatic heterocycles. The Morgan fingerprint density at radius 1 is 0.951 bits per heavy atom. The maximum atomic E-state index is 13.1. The Balaban J connectivity index is 1.30. The lowest BCUT2D eigenvalue weighted by Crippen LogP contribution is -2.23. The van der Waals surface area contributed by atoms with E-state index in [2.05, 4.69) is 96.5 Å². The minimum atomic E-state index is -0.236. The van der Waals surface area contributed by atoms with Crippen LogP contribution in [0.2, 0.25) is 0 Å². The number of hydrazone groups is 1. The highest BCUT2D eigenvalue weighted by molar-refractivity contribution is 8.18. The summed E-state index contributed by atoms with van der Waals surface area (Å²) >= 11 is 1.38. The number of hydrogen-bond acceptors (Lipinski definition) is 6. The van der Waals surface area contributed by atoms with Crippen LogP contribution in [0.5, 0.6) is 5.75 Å². The molecular formula is C34H32N4O2S. The molecule has 4 aromatic rings. The standard InChI is InChI=1S/C34H32N4O2S/c1-4-37(5-2)28-16-10-23(11-17-28)20-32-33(39)35-34(41-32)38-31(25-14-18-29(40-3)19-15-25)22-30(36-38)27-13-12-24-8-6-7-9-26(24)21-27/h6-21,31H,4-5,22H2,1-3H3/b32-20-. The number of carbonyl (C=O) groups is 1. The number of hydrogen-bond donors (Lipinski definition) is 0. The smallest absolute Gasteiger partial charge is 0.286 e. The first kappa shape index (κ1) is 26.8. The van der Waals surface area contributed by atoms with E-state index in [-0.39, 0.29) is 11.9 Å². The lowest BCUT2D eigenvalue weighted by atomic mass is 9.97. The van der Waals surface area contributed by atoms with Gasteiger partial charge in [-0.3, -0.25) is 4.79 Å². The zero-order valence-electron chi connectivity index (χ0n) is 23.4. The van der Waals surface area contributed by atoms with Gasteiger partial charge >= 0.3 is 0 Å². The van der Waals surface area contributed by atoms with Crippen LogP contribution in [0.1, 0.15) is 43.0 Å². The molecule has 0 bridgehead atoms. The van der Waals surface area contributed by atoms with Gasteiger partial charge in [-0.15, -0.1) is 0 Å². The number of ether oxygens (including phenoxy) is 1. The minimum absolute atomic E-state index is 0.0888. The lowest BCUT2D eigenvalue weighted by Gasteiger charge is -2.22. The topological polar surface area (TPSA) is 57.5 Å². The first-order valence-electron chi connectivity index (χ1n) is 13.9. The summed E-state index contributed by atoms with van der Waals surface area (Å²) in [4.78, 5) is 20.4. The van der Waals surface area contributed by atoms with Crippen LogP contribution in [0.3, 0.4) is 0 Å². The average molecular weight is 561 g/mol. The van der Waals surface area contributed by atoms with Gasteiger partial charge < -0.3 is 9.64 Å². The van der Waals surface area contributed by atoms with Gasteiger partial charge in [0.25, 0.3) is 5.91 Å². The zero-order chi connectivity index (χ0) is 28.3. The second-order valence-corrected chi connectivity index (χ2v) is 11.0. The van der Waals surface area contributed by atoms with Crippen molar-refractivity contribution < 1.29 is 9.53 Å². The Kier molecular flexibility index (Phi) is 7.61. The Hall–Kier alpha value is -4.36. The van der Waals surface area contributed by atoms with Gasteiger partial charge in [-0.2, -0.15) is 10.1 Å². The summed E-state index contributed by atoms with van der Waals surface area (Å²) in [6, 6.07) is 31.0. The Labute approximate surface area is 245 Å². The van der Waals surface area contributed by atoms with Crippen LogP contribution in [0.4, 0.5) is 5.69 Å². The van der Waals surface area contributed by atoms with E-state index >= 15 is 0 Å². The molecule has 1 atom stereocenters. The number of benzene rings is 4. The molecule has 1 unspecified atom stereocenters. The molecule has 7 heteroatoms. The third-order valence-corrected chi connectivity index (χ3v) is 8.59. The first-order valence-corrected chi connectivity index (χ1v) is 14.8. The van der Waals surface area contributed by atoms with Gasteiger partial charge in [0, 0.05) is 25.2 Å². The van der Waals surface area contributed by atoms with E-state index in [1.165, 1.54) is 28.2 Å². The third kappa shape index (κ3) is 5.50. The average Bonchev–Trinajstić information content (AvgIpc) is 3.62. The number of amides is 1. The summed E-state index contributed by atoms with van der Waals surface area (Å²) in [6.45, 7) is 6.21. The molecule has 0 spiro atoms. The number of fused-ring (bicyclic) bond motifs is 1. The van der Waals surface area contributed by atoms with Crippen molar-refractivity contribution in [3.8, 4) is 5.75 Å². The highest BCUT2D eigenvalue weighted by Crippen LogP contribution is 2.40. The SMILES string of the molecule is CCN(CC)c1ccc(/C=C2\SC(N3N=C(c4ccc5ccccc5c4)CC3c3ccc(OC)cc3)=NC2=O)cc1. The highest BCUT2D eigenvalue weighted by Gasteiger charge is 2.36. The summed E-state index contributed by atoms with van der Waals surface area (Å²) in [6.07, 6.45) is 2.62. The molecular weight excluding hydrogens is 528 g/mol. The Morgan fingerprint density at radius 3 is 2.39 bits per heavy atom. The van der Waals surface area contributed by atoms with Crippen molar-refractivity contribution in [2.45, 2.75) is 26.3 Å². The zero-order valence-corrected chi connectivity index (χ0v) is 24.3. The molecule has 6 nitrogen and oxygen atoms in total. The number of amidine groups is 1. The molecule has 2 aliphatic heterocycles. The van der Waals surface area contributed by atoms with Crippen molar-refractivity contribution >= 4 is 51.1 Å². The number of methoxy groups -OCH3 is 1. The van der Waals surface area contributed by atoms with E-state index in [4.69, 9.17) is 9.84 Å². The molecule has 2 aliphatic rings. The summed E-state index contributed by atoms with van der Waals surface area (Å²) in [5.41, 5.74) is 5.28. The van der Waals surface area contributed by atoms with Gasteiger partial charge in [0.05, 0.1) is 23.8 Å². The van der Waals surface area contributed by atoms with Crippen molar-refractivity contribution in [3.63, 3.8) is 0 Å². The predicted molar refractivity (Wildman–Crippen MR) is 171 cm³/mol. The Morgan fingerprint density at radius 2 is 1.68 bits per heavy atom. The monoisotopic (exact) mass is 560 g/mol. The van der Waals surface area contributed by atoms with Crippen LogP contribution in [0.15, 0.2) is 106 Å². The van der Waals surface area contributed by atoms with Gasteiger partial charge in [0.2, 0.25) is 0 Å². The number of carbonyl (C=O) groups excluding carboxylic acids is 1. The predicted octanol–water partition coefficient (Wildman–Crippen LogP) is 7.52. The minimum Gasteiger partial charge on any atom is -0.497 e. The van der Waals surface area contributed by atoms with Crippen LogP contribution in [0, 0.1) is 0 Å². The molecule has 0 saturated carbocycles. The van der Waals surface area contributed by atoms with E-state index in [0.717, 1.165) is 41.2 Å². The Bertz CT molecular complexity index is 1670. The summed E-state index contributed by atoms with van der Waals surface area (Å²) in [5, 5.41) is 9.93. The van der Waals surface area contributed by atoms with Crippen molar-refractivity contribution in [3.05, 3.63) is 113 Å². The maximum absolute atomic E-state index is 13.1. The van der Waals surface area contributed by atoms with E-state index in [9.17, 15) is 4.79 Å². The fraction of sp³-hybridized carbons (Fsp3) is 0.206. The number of anilines is 1. The fourth-order valence-corrected chi connectivity index (χ4v) is 6.25. The normalized spacial score (nSPS) is 17.7. The quantitative estimate of drug-likeness (QED) is 0.219. The third-order valence-electron chi connectivity index (χ3n) is 7.62. The van der Waals surface area contributed by atoms with Gasteiger partial charge in [-0.25, -0.2) is 5.01 Å². The lowest BCUT2D eigenvalue weighted by molar-refractivity contribution is -0.113. The summed E-state index contributed by atoms with van der Waals surface area (Å²) in [5.74, 6) is 0.564. The van der Waals surface area contributed by atoms with Gasteiger partial charge in [0.1, 0.15) is 5.75 Å². The first-order chi connectivity index (χ1) is 20.1. The van der Waals surface area contributed by atoms with E-state index in [1.54, 1.807) is 7.11 Å². The highest BCUT2D eigenvalue weighted by atomic mass is 32.2. The number of nitrogens with zero attached hydrogens (tertiary/aromatic N) is 4. The molecule has 0 fully saturated rings. The number of rotatable bonds is 7. The largest absolute Gasteiger partial charge is 0.497 e. The van der Waals surface area contributed by atoms with Gasteiger partial charge in [-0.05, 0) is 89.5 Å². The molecule has 2 heterocycles. The molecule has 0 N–H and O–H groups in total. The number of aliphatic imine (C=N–C) groups is 1. The fourth-order valence-electron chi connectivity index (χ4n) is 5.33. The summed E-state index contributed by atoms with van der Waals surface area (Å²) < 4.78 is 5.38. The number of thioether (sulfide) groups is 1. The molecule has 1 amide bonds. The molecule has 6 rings (SSSR count). The molecule has 0 saturated heterocycles. The van der Waals surface area contributed by atoms with E-state index in [1.807, 2.05) is 29.3 Å². The second kappa shape index (κ2) is 11.6. The summed E-state index contributed by atoms with van der Waals surface area (Å²) in [7, 11) is 1.67. The van der Waals surface area contributed by atoms with Crippen molar-refractivity contribution in [2.24, 2.45) is 10.1 Å². The van der Waals surface area contributed by atoms with Crippen LogP contribution < -0.4 is 9.64 Å². The van der Waals surface area contributed by atoms with Gasteiger partial charge in [-0.1, -0.05) is 60.7 Å². The van der Waals surface area contributed by atoms with Crippen LogP contribution >= 0.6 is 11.8 Å². The van der Waals surface area contributed by atoms with Gasteiger partial charge in [0.15, 0.2) is 5.17 Å². The molecule has 4 aromatic carbocycles. The van der Waals surface area contributed by atoms with E-state index in [0.29, 0.717) is 16.5 Å². The van der Waals surface area contributed by atoms with Crippen molar-refractivity contribution in [2.75, 3.05) is 25.1 Å². The van der Waals surface area contributed by atoms with Crippen molar-refractivity contribution in [1.82, 2.24) is 5.01 Å². The molecule has 41 heavy (non-hydrogen) atoms. The maximum Gasteiger partial charge on any atom is 0.286 e. The van der Waals surface area contributed by atoms with Crippen LogP contribution in [-0.4, -0.2) is 42.0 Å². The van der Waals surface area contributed by atoms with Crippen LogP contribution in [-0.2, 0) is 4.79 Å². The second-order valence-electron chi connectivity index (χ2n) is 10.0. The molecule has 0 aliphatic carbocycles. The van der Waals surface area contributed by atoms with Crippen molar-refractivity contribution in [1.29, 1.82) is 0 Å². The molecule has 0 radical (unpaired) electrons. The van der Waals surface area contributed by atoms with Crippen LogP contribution in [0.25, 0.3) is 16.8 Å². The van der Waals surface area contributed by atoms with E-state index < -0.39 is 0 Å².